The number of sulfonamides is 1. The molecule has 1 amide bonds. The first-order valence-corrected chi connectivity index (χ1v) is 10.3. The molecule has 0 spiro atoms. The van der Waals surface area contributed by atoms with E-state index in [4.69, 9.17) is 4.74 Å². The standard InChI is InChI=1S/C19H21FN2O4S/c20-18-7-3-16(4-8-18)14-27(24,25)21-13-15-1-5-17(6-2-15)19(23)22-9-11-26-12-10-22/h1-8,21H,9-14H2. The Hall–Kier alpha value is -2.29. The zero-order valence-corrected chi connectivity index (χ0v) is 15.5. The molecule has 1 heterocycles. The van der Waals surface area contributed by atoms with Crippen LogP contribution in [0.25, 0.3) is 0 Å². The maximum absolute atomic E-state index is 12.9. The lowest BCUT2D eigenvalue weighted by Gasteiger charge is -2.26. The van der Waals surface area contributed by atoms with Gasteiger partial charge in [0, 0.05) is 25.2 Å². The van der Waals surface area contributed by atoms with Gasteiger partial charge in [-0.25, -0.2) is 17.5 Å². The molecule has 2 aromatic rings. The summed E-state index contributed by atoms with van der Waals surface area (Å²) in [5, 5.41) is 0. The van der Waals surface area contributed by atoms with Crippen LogP contribution in [0.5, 0.6) is 0 Å². The number of carbonyl (C=O) groups excluding carboxylic acids is 1. The van der Waals surface area contributed by atoms with Gasteiger partial charge in [0.2, 0.25) is 10.0 Å². The van der Waals surface area contributed by atoms with Gasteiger partial charge in [0.15, 0.2) is 0 Å². The van der Waals surface area contributed by atoms with Crippen LogP contribution >= 0.6 is 0 Å². The van der Waals surface area contributed by atoms with E-state index in [1.54, 1.807) is 29.2 Å². The molecule has 1 fully saturated rings. The molecule has 1 aliphatic heterocycles. The minimum Gasteiger partial charge on any atom is -0.378 e. The van der Waals surface area contributed by atoms with E-state index in [2.05, 4.69) is 4.72 Å². The summed E-state index contributed by atoms with van der Waals surface area (Å²) < 4.78 is 45.0. The number of benzene rings is 2. The van der Waals surface area contributed by atoms with E-state index >= 15 is 0 Å². The number of nitrogens with zero attached hydrogens (tertiary/aromatic N) is 1. The van der Waals surface area contributed by atoms with Crippen molar-refractivity contribution in [2.75, 3.05) is 26.3 Å². The smallest absolute Gasteiger partial charge is 0.254 e. The highest BCUT2D eigenvalue weighted by atomic mass is 32.2. The highest BCUT2D eigenvalue weighted by Gasteiger charge is 2.18. The Morgan fingerprint density at radius 3 is 2.22 bits per heavy atom. The number of carbonyl (C=O) groups is 1. The molecular formula is C19H21FN2O4S. The van der Waals surface area contributed by atoms with Crippen molar-refractivity contribution >= 4 is 15.9 Å². The second-order valence-electron chi connectivity index (χ2n) is 6.31. The maximum atomic E-state index is 12.9. The van der Waals surface area contributed by atoms with E-state index in [0.29, 0.717) is 37.4 Å². The van der Waals surface area contributed by atoms with Crippen LogP contribution in [0.15, 0.2) is 48.5 Å². The highest BCUT2D eigenvalue weighted by Crippen LogP contribution is 2.11. The van der Waals surface area contributed by atoms with E-state index in [1.807, 2.05) is 0 Å². The molecule has 3 rings (SSSR count). The zero-order chi connectivity index (χ0) is 19.3. The van der Waals surface area contributed by atoms with Gasteiger partial charge in [-0.05, 0) is 35.4 Å². The Kier molecular flexibility index (Phi) is 6.20. The number of halogens is 1. The number of rotatable bonds is 6. The number of morpholine rings is 1. The summed E-state index contributed by atoms with van der Waals surface area (Å²) in [6, 6.07) is 12.2. The molecule has 8 heteroatoms. The third-order valence-corrected chi connectivity index (χ3v) is 5.56. The fourth-order valence-corrected chi connectivity index (χ4v) is 3.88. The van der Waals surface area contributed by atoms with Crippen molar-refractivity contribution in [1.82, 2.24) is 9.62 Å². The van der Waals surface area contributed by atoms with Gasteiger partial charge < -0.3 is 9.64 Å². The molecule has 144 valence electrons. The third kappa shape index (κ3) is 5.59. The SMILES string of the molecule is O=C(c1ccc(CNS(=O)(=O)Cc2ccc(F)cc2)cc1)N1CCOCC1. The van der Waals surface area contributed by atoms with Crippen molar-refractivity contribution in [3.63, 3.8) is 0 Å². The molecule has 2 aromatic carbocycles. The number of nitrogens with one attached hydrogen (secondary N) is 1. The molecule has 1 saturated heterocycles. The minimum absolute atomic E-state index is 0.0539. The Morgan fingerprint density at radius 1 is 1.00 bits per heavy atom. The van der Waals surface area contributed by atoms with Crippen molar-refractivity contribution in [3.05, 3.63) is 71.0 Å². The summed E-state index contributed by atoms with van der Waals surface area (Å²) in [5.74, 6) is -0.682. The summed E-state index contributed by atoms with van der Waals surface area (Å²) >= 11 is 0. The molecule has 0 aliphatic carbocycles. The third-order valence-electron chi connectivity index (χ3n) is 4.27. The molecule has 0 unspecified atom stereocenters. The van der Waals surface area contributed by atoms with Gasteiger partial charge in [0.1, 0.15) is 5.82 Å². The van der Waals surface area contributed by atoms with E-state index in [-0.39, 0.29) is 18.2 Å². The normalized spacial score (nSPS) is 14.9. The second-order valence-corrected chi connectivity index (χ2v) is 8.12. The quantitative estimate of drug-likeness (QED) is 0.815. The van der Waals surface area contributed by atoms with Gasteiger partial charge >= 0.3 is 0 Å². The molecule has 0 bridgehead atoms. The number of hydrogen-bond acceptors (Lipinski definition) is 4. The van der Waals surface area contributed by atoms with E-state index in [1.165, 1.54) is 24.3 Å². The molecule has 1 N–H and O–H groups in total. The molecule has 0 saturated carbocycles. The van der Waals surface area contributed by atoms with Gasteiger partial charge in [0.05, 0.1) is 19.0 Å². The Balaban J connectivity index is 1.56. The van der Waals surface area contributed by atoms with Gasteiger partial charge in [-0.2, -0.15) is 0 Å². The van der Waals surface area contributed by atoms with Gasteiger partial charge in [-0.3, -0.25) is 4.79 Å². The lowest BCUT2D eigenvalue weighted by Crippen LogP contribution is -2.40. The van der Waals surface area contributed by atoms with Gasteiger partial charge in [-0.1, -0.05) is 24.3 Å². The Bertz CT molecular complexity index is 877. The van der Waals surface area contributed by atoms with E-state index < -0.39 is 15.8 Å². The molecule has 0 atom stereocenters. The predicted molar refractivity (Wildman–Crippen MR) is 99.0 cm³/mol. The van der Waals surface area contributed by atoms with Crippen molar-refractivity contribution in [3.8, 4) is 0 Å². The molecule has 1 aliphatic rings. The van der Waals surface area contributed by atoms with Crippen molar-refractivity contribution in [1.29, 1.82) is 0 Å². The number of hydrogen-bond donors (Lipinski definition) is 1. The Morgan fingerprint density at radius 2 is 1.59 bits per heavy atom. The first kappa shape index (κ1) is 19.5. The van der Waals surface area contributed by atoms with Crippen molar-refractivity contribution in [2.24, 2.45) is 0 Å². The van der Waals surface area contributed by atoms with Crippen LogP contribution in [-0.2, 0) is 27.1 Å². The second kappa shape index (κ2) is 8.60. The fourth-order valence-electron chi connectivity index (χ4n) is 2.76. The fraction of sp³-hybridized carbons (Fsp3) is 0.316. The first-order valence-electron chi connectivity index (χ1n) is 8.61. The summed E-state index contributed by atoms with van der Waals surface area (Å²) in [6.45, 7) is 2.35. The predicted octanol–water partition coefficient (Wildman–Crippen LogP) is 1.92. The first-order chi connectivity index (χ1) is 12.9. The number of amides is 1. The topological polar surface area (TPSA) is 75.7 Å². The average molecular weight is 392 g/mol. The monoisotopic (exact) mass is 392 g/mol. The lowest BCUT2D eigenvalue weighted by molar-refractivity contribution is 0.0303. The minimum atomic E-state index is -3.55. The van der Waals surface area contributed by atoms with Crippen LogP contribution in [0, 0.1) is 5.82 Å². The maximum Gasteiger partial charge on any atom is 0.254 e. The molecule has 0 aromatic heterocycles. The lowest BCUT2D eigenvalue weighted by atomic mass is 10.1. The van der Waals surface area contributed by atoms with E-state index in [9.17, 15) is 17.6 Å². The van der Waals surface area contributed by atoms with Gasteiger partial charge in [-0.15, -0.1) is 0 Å². The Labute approximate surface area is 158 Å². The van der Waals surface area contributed by atoms with Crippen molar-refractivity contribution in [2.45, 2.75) is 12.3 Å². The highest BCUT2D eigenvalue weighted by molar-refractivity contribution is 7.88. The van der Waals surface area contributed by atoms with Crippen LogP contribution in [0.4, 0.5) is 4.39 Å². The molecule has 0 radical (unpaired) electrons. The molecule has 6 nitrogen and oxygen atoms in total. The van der Waals surface area contributed by atoms with E-state index in [0.717, 1.165) is 5.56 Å². The summed E-state index contributed by atoms with van der Waals surface area (Å²) in [5.41, 5.74) is 1.82. The molecular weight excluding hydrogens is 371 g/mol. The average Bonchev–Trinajstić information content (AvgIpc) is 2.69. The van der Waals surface area contributed by atoms with Crippen LogP contribution in [0.2, 0.25) is 0 Å². The summed E-state index contributed by atoms with van der Waals surface area (Å²) in [6.07, 6.45) is 0. The zero-order valence-electron chi connectivity index (χ0n) is 14.7. The molecule has 27 heavy (non-hydrogen) atoms. The summed E-state index contributed by atoms with van der Waals surface area (Å²) in [7, 11) is -3.55. The summed E-state index contributed by atoms with van der Waals surface area (Å²) in [4.78, 5) is 14.1. The number of ether oxygens (including phenoxy) is 1. The van der Waals surface area contributed by atoms with Gasteiger partial charge in [0.25, 0.3) is 5.91 Å². The van der Waals surface area contributed by atoms with Crippen LogP contribution in [-0.4, -0.2) is 45.5 Å². The van der Waals surface area contributed by atoms with Crippen LogP contribution < -0.4 is 4.72 Å². The largest absolute Gasteiger partial charge is 0.378 e. The van der Waals surface area contributed by atoms with Crippen molar-refractivity contribution < 1.29 is 22.3 Å². The van der Waals surface area contributed by atoms with Crippen LogP contribution in [0.3, 0.4) is 0 Å². The van der Waals surface area contributed by atoms with Crippen LogP contribution in [0.1, 0.15) is 21.5 Å².